The molecule has 0 heterocycles. The first-order valence-corrected chi connectivity index (χ1v) is 9.46. The van der Waals surface area contributed by atoms with Crippen LogP contribution < -0.4 is 9.46 Å². The molecular formula is C18H22FNO4S. The molecule has 0 spiro atoms. The second-order valence-electron chi connectivity index (χ2n) is 6.02. The fourth-order valence-corrected chi connectivity index (χ4v) is 3.46. The largest absolute Gasteiger partial charge is 0.497 e. The van der Waals surface area contributed by atoms with Gasteiger partial charge >= 0.3 is 0 Å². The average Bonchev–Trinajstić information content (AvgIpc) is 2.59. The van der Waals surface area contributed by atoms with E-state index in [1.165, 1.54) is 31.2 Å². The Hall–Kier alpha value is -1.96. The van der Waals surface area contributed by atoms with Crippen molar-refractivity contribution < 1.29 is 22.7 Å². The van der Waals surface area contributed by atoms with Crippen molar-refractivity contribution in [1.29, 1.82) is 0 Å². The van der Waals surface area contributed by atoms with Crippen LogP contribution in [0.3, 0.4) is 0 Å². The van der Waals surface area contributed by atoms with Crippen LogP contribution in [-0.4, -0.2) is 32.9 Å². The molecule has 0 saturated carbocycles. The summed E-state index contributed by atoms with van der Waals surface area (Å²) in [6.07, 6.45) is 0.325. The first-order valence-electron chi connectivity index (χ1n) is 7.80. The maximum absolute atomic E-state index is 13.0. The normalized spacial score (nSPS) is 14.1. The van der Waals surface area contributed by atoms with E-state index >= 15 is 0 Å². The second-order valence-corrected chi connectivity index (χ2v) is 7.95. The molecule has 0 saturated heterocycles. The third kappa shape index (κ3) is 5.81. The Kier molecular flexibility index (Phi) is 6.16. The molecule has 2 N–H and O–H groups in total. The molecule has 5 nitrogen and oxygen atoms in total. The van der Waals surface area contributed by atoms with Crippen LogP contribution in [0.2, 0.25) is 0 Å². The summed E-state index contributed by atoms with van der Waals surface area (Å²) < 4.78 is 44.8. The molecule has 0 fully saturated rings. The number of aliphatic hydroxyl groups is 1. The van der Waals surface area contributed by atoms with Crippen LogP contribution in [0.4, 0.5) is 4.39 Å². The Morgan fingerprint density at radius 3 is 2.52 bits per heavy atom. The van der Waals surface area contributed by atoms with Crippen molar-refractivity contribution in [2.24, 2.45) is 0 Å². The zero-order valence-electron chi connectivity index (χ0n) is 14.2. The van der Waals surface area contributed by atoms with E-state index in [0.29, 0.717) is 17.7 Å². The summed E-state index contributed by atoms with van der Waals surface area (Å²) >= 11 is 0. The number of halogens is 1. The summed E-state index contributed by atoms with van der Waals surface area (Å²) in [5, 5.41) is 10.4. The molecule has 0 bridgehead atoms. The topological polar surface area (TPSA) is 75.6 Å². The van der Waals surface area contributed by atoms with Crippen LogP contribution in [0.15, 0.2) is 48.5 Å². The molecule has 25 heavy (non-hydrogen) atoms. The molecule has 0 radical (unpaired) electrons. The standard InChI is InChI=1S/C18H22FNO4S/c1-18(21,15-6-8-16(19)9-7-15)13-20-25(22,23)11-10-14-4-3-5-17(12-14)24-2/h3-9,12,20-21H,10-11,13H2,1-2H3. The molecule has 1 unspecified atom stereocenters. The van der Waals surface area contributed by atoms with E-state index in [1.54, 1.807) is 25.3 Å². The van der Waals surface area contributed by atoms with Gasteiger partial charge in [-0.15, -0.1) is 0 Å². The lowest BCUT2D eigenvalue weighted by molar-refractivity contribution is 0.0627. The quantitative estimate of drug-likeness (QED) is 0.750. The van der Waals surface area contributed by atoms with Crippen LogP contribution in [-0.2, 0) is 22.0 Å². The molecule has 0 aliphatic heterocycles. The highest BCUT2D eigenvalue weighted by molar-refractivity contribution is 7.89. The summed E-state index contributed by atoms with van der Waals surface area (Å²) in [4.78, 5) is 0. The molecule has 136 valence electrons. The van der Waals surface area contributed by atoms with E-state index in [2.05, 4.69) is 4.72 Å². The predicted molar refractivity (Wildman–Crippen MR) is 94.5 cm³/mol. The zero-order chi connectivity index (χ0) is 18.5. The van der Waals surface area contributed by atoms with Crippen LogP contribution in [0.25, 0.3) is 0 Å². The summed E-state index contributed by atoms with van der Waals surface area (Å²) in [5.41, 5.74) is -0.157. The Morgan fingerprint density at radius 1 is 1.20 bits per heavy atom. The Bertz CT molecular complexity index is 804. The molecule has 0 aromatic heterocycles. The highest BCUT2D eigenvalue weighted by Gasteiger charge is 2.25. The van der Waals surface area contributed by atoms with E-state index in [0.717, 1.165) is 5.56 Å². The summed E-state index contributed by atoms with van der Waals surface area (Å²) in [6, 6.07) is 12.5. The molecule has 1 atom stereocenters. The molecule has 0 aliphatic rings. The number of rotatable bonds is 8. The third-order valence-corrected chi connectivity index (χ3v) is 5.22. The number of benzene rings is 2. The molecule has 2 aromatic rings. The highest BCUT2D eigenvalue weighted by atomic mass is 32.2. The van der Waals surface area contributed by atoms with Crippen molar-refractivity contribution in [3.05, 3.63) is 65.5 Å². The fourth-order valence-electron chi connectivity index (χ4n) is 2.31. The number of ether oxygens (including phenoxy) is 1. The van der Waals surface area contributed by atoms with Gasteiger partial charge in [0.1, 0.15) is 17.2 Å². The lowest BCUT2D eigenvalue weighted by Crippen LogP contribution is -2.39. The van der Waals surface area contributed by atoms with Gasteiger partial charge in [0.05, 0.1) is 12.9 Å². The molecule has 7 heteroatoms. The minimum absolute atomic E-state index is 0.111. The van der Waals surface area contributed by atoms with Gasteiger partial charge in [-0.05, 0) is 48.7 Å². The molecule has 0 amide bonds. The number of nitrogens with one attached hydrogen (secondary N) is 1. The lowest BCUT2D eigenvalue weighted by Gasteiger charge is -2.24. The summed E-state index contributed by atoms with van der Waals surface area (Å²) in [7, 11) is -2.02. The van der Waals surface area contributed by atoms with Crippen LogP contribution >= 0.6 is 0 Å². The van der Waals surface area contributed by atoms with Gasteiger partial charge in [-0.2, -0.15) is 0 Å². The number of hydrogen-bond acceptors (Lipinski definition) is 4. The molecule has 2 rings (SSSR count). The first kappa shape index (κ1) is 19.4. The summed E-state index contributed by atoms with van der Waals surface area (Å²) in [5.74, 6) is 0.139. The predicted octanol–water partition coefficient (Wildman–Crippen LogP) is 2.20. The second kappa shape index (κ2) is 7.95. The van der Waals surface area contributed by atoms with Crippen molar-refractivity contribution >= 4 is 10.0 Å². The Balaban J connectivity index is 1.95. The SMILES string of the molecule is COc1cccc(CCS(=O)(=O)NCC(C)(O)c2ccc(F)cc2)c1. The van der Waals surface area contributed by atoms with Gasteiger partial charge in [0.2, 0.25) is 10.0 Å². The molecular weight excluding hydrogens is 345 g/mol. The van der Waals surface area contributed by atoms with Crippen LogP contribution in [0.5, 0.6) is 5.75 Å². The van der Waals surface area contributed by atoms with Gasteiger partial charge in [-0.1, -0.05) is 24.3 Å². The number of sulfonamides is 1. The minimum Gasteiger partial charge on any atom is -0.497 e. The Labute approximate surface area is 147 Å². The highest BCUT2D eigenvalue weighted by Crippen LogP contribution is 2.20. The van der Waals surface area contributed by atoms with E-state index < -0.39 is 21.4 Å². The number of hydrogen-bond donors (Lipinski definition) is 2. The Morgan fingerprint density at radius 2 is 1.88 bits per heavy atom. The lowest BCUT2D eigenvalue weighted by atomic mass is 9.96. The zero-order valence-corrected chi connectivity index (χ0v) is 15.0. The maximum Gasteiger partial charge on any atom is 0.212 e. The van der Waals surface area contributed by atoms with Crippen molar-refractivity contribution in [3.63, 3.8) is 0 Å². The van der Waals surface area contributed by atoms with Crippen LogP contribution in [0, 0.1) is 5.82 Å². The smallest absolute Gasteiger partial charge is 0.212 e. The monoisotopic (exact) mass is 367 g/mol. The van der Waals surface area contributed by atoms with E-state index in [9.17, 15) is 17.9 Å². The van der Waals surface area contributed by atoms with Gasteiger partial charge in [0.15, 0.2) is 0 Å². The van der Waals surface area contributed by atoms with Gasteiger partial charge in [-0.3, -0.25) is 0 Å². The summed E-state index contributed by atoms with van der Waals surface area (Å²) in [6.45, 7) is 1.28. The fraction of sp³-hybridized carbons (Fsp3) is 0.333. The van der Waals surface area contributed by atoms with Gasteiger partial charge in [0, 0.05) is 6.54 Å². The molecule has 0 aliphatic carbocycles. The van der Waals surface area contributed by atoms with Gasteiger partial charge < -0.3 is 9.84 Å². The van der Waals surface area contributed by atoms with E-state index in [-0.39, 0.29) is 12.3 Å². The molecule has 2 aromatic carbocycles. The first-order chi connectivity index (χ1) is 11.7. The van der Waals surface area contributed by atoms with E-state index in [4.69, 9.17) is 4.74 Å². The van der Waals surface area contributed by atoms with Gasteiger partial charge in [-0.25, -0.2) is 17.5 Å². The minimum atomic E-state index is -3.57. The van der Waals surface area contributed by atoms with Crippen molar-refractivity contribution in [3.8, 4) is 5.75 Å². The van der Waals surface area contributed by atoms with Crippen LogP contribution in [0.1, 0.15) is 18.1 Å². The maximum atomic E-state index is 13.0. The number of aryl methyl sites for hydroxylation is 1. The average molecular weight is 367 g/mol. The van der Waals surface area contributed by atoms with E-state index in [1.807, 2.05) is 6.07 Å². The van der Waals surface area contributed by atoms with Gasteiger partial charge in [0.25, 0.3) is 0 Å². The van der Waals surface area contributed by atoms with Crippen molar-refractivity contribution in [1.82, 2.24) is 4.72 Å². The number of methoxy groups -OCH3 is 1. The van der Waals surface area contributed by atoms with Crippen molar-refractivity contribution in [2.75, 3.05) is 19.4 Å². The van der Waals surface area contributed by atoms with Crippen molar-refractivity contribution in [2.45, 2.75) is 18.9 Å². The third-order valence-electron chi connectivity index (χ3n) is 3.90.